The Bertz CT molecular complexity index is 551. The van der Waals surface area contributed by atoms with E-state index in [4.69, 9.17) is 0 Å². The van der Waals surface area contributed by atoms with Gasteiger partial charge in [-0.1, -0.05) is 13.3 Å². The van der Waals surface area contributed by atoms with Crippen molar-refractivity contribution in [3.8, 4) is 0 Å². The highest BCUT2D eigenvalue weighted by molar-refractivity contribution is 5.59. The van der Waals surface area contributed by atoms with Crippen molar-refractivity contribution in [3.63, 3.8) is 0 Å². The lowest BCUT2D eigenvalue weighted by Crippen LogP contribution is -2.08. The maximum Gasteiger partial charge on any atom is 0.229 e. The van der Waals surface area contributed by atoms with Gasteiger partial charge in [-0.15, -0.1) is 0 Å². The number of rotatable bonds is 7. The Balaban J connectivity index is 2.00. The average molecular weight is 285 g/mol. The van der Waals surface area contributed by atoms with Crippen LogP contribution in [0.2, 0.25) is 0 Å². The molecule has 0 bridgehead atoms. The molecule has 5 heteroatoms. The number of benzene rings is 1. The molecule has 0 fully saturated rings. The van der Waals surface area contributed by atoms with Gasteiger partial charge in [-0.05, 0) is 36.8 Å². The molecule has 0 aliphatic heterocycles. The number of nitrogens with zero attached hydrogens (tertiary/aromatic N) is 3. The van der Waals surface area contributed by atoms with Gasteiger partial charge in [-0.2, -0.15) is 4.98 Å². The molecular formula is C16H23N5. The summed E-state index contributed by atoms with van der Waals surface area (Å²) in [6.07, 6.45) is 4.07. The molecule has 0 spiro atoms. The minimum Gasteiger partial charge on any atom is -0.378 e. The summed E-state index contributed by atoms with van der Waals surface area (Å²) in [4.78, 5) is 10.8. The van der Waals surface area contributed by atoms with Crippen molar-refractivity contribution in [1.82, 2.24) is 9.97 Å². The van der Waals surface area contributed by atoms with Crippen LogP contribution in [0.4, 0.5) is 23.1 Å². The number of hydrogen-bond acceptors (Lipinski definition) is 5. The molecular weight excluding hydrogens is 262 g/mol. The zero-order chi connectivity index (χ0) is 15.1. The lowest BCUT2D eigenvalue weighted by Gasteiger charge is -2.13. The molecule has 0 saturated heterocycles. The summed E-state index contributed by atoms with van der Waals surface area (Å²) in [6, 6.07) is 10.1. The topological polar surface area (TPSA) is 53.1 Å². The number of aromatic nitrogens is 2. The van der Waals surface area contributed by atoms with Crippen LogP contribution in [0.5, 0.6) is 0 Å². The third-order valence-corrected chi connectivity index (χ3v) is 3.13. The first-order chi connectivity index (χ1) is 10.2. The Morgan fingerprint density at radius 2 is 1.86 bits per heavy atom. The summed E-state index contributed by atoms with van der Waals surface area (Å²) in [6.45, 7) is 3.11. The predicted octanol–water partition coefficient (Wildman–Crippen LogP) is 3.50. The molecule has 21 heavy (non-hydrogen) atoms. The quantitative estimate of drug-likeness (QED) is 0.763. The first-order valence-corrected chi connectivity index (χ1v) is 7.30. The van der Waals surface area contributed by atoms with Gasteiger partial charge in [0.2, 0.25) is 5.95 Å². The normalized spacial score (nSPS) is 10.2. The molecule has 0 saturated carbocycles. The number of nitrogens with one attached hydrogen (secondary N) is 2. The molecule has 0 aliphatic carbocycles. The van der Waals surface area contributed by atoms with Gasteiger partial charge in [0, 0.05) is 38.2 Å². The van der Waals surface area contributed by atoms with Crippen LogP contribution >= 0.6 is 0 Å². The lowest BCUT2D eigenvalue weighted by atomic mass is 10.2. The van der Waals surface area contributed by atoms with E-state index in [0.29, 0.717) is 5.95 Å². The summed E-state index contributed by atoms with van der Waals surface area (Å²) in [5.41, 5.74) is 2.14. The van der Waals surface area contributed by atoms with Crippen LogP contribution in [0.25, 0.3) is 0 Å². The van der Waals surface area contributed by atoms with E-state index in [9.17, 15) is 0 Å². The van der Waals surface area contributed by atoms with E-state index in [1.807, 2.05) is 32.3 Å². The van der Waals surface area contributed by atoms with Gasteiger partial charge in [0.05, 0.1) is 0 Å². The minimum absolute atomic E-state index is 0.606. The molecule has 0 unspecified atom stereocenters. The average Bonchev–Trinajstić information content (AvgIpc) is 2.48. The van der Waals surface area contributed by atoms with Crippen molar-refractivity contribution in [3.05, 3.63) is 36.5 Å². The van der Waals surface area contributed by atoms with E-state index < -0.39 is 0 Å². The standard InChI is InChI=1S/C16H23N5/c1-4-5-11-17-15-10-12-18-16(20-15)19-13-6-8-14(9-7-13)21(2)3/h6-10,12H,4-5,11H2,1-3H3,(H2,17,18,19,20). The highest BCUT2D eigenvalue weighted by Crippen LogP contribution is 2.18. The molecule has 0 radical (unpaired) electrons. The van der Waals surface area contributed by atoms with E-state index in [-0.39, 0.29) is 0 Å². The summed E-state index contributed by atoms with van der Waals surface area (Å²) >= 11 is 0. The summed E-state index contributed by atoms with van der Waals surface area (Å²) in [5, 5.41) is 6.52. The Morgan fingerprint density at radius 3 is 2.52 bits per heavy atom. The highest BCUT2D eigenvalue weighted by atomic mass is 15.1. The second-order valence-electron chi connectivity index (χ2n) is 5.11. The van der Waals surface area contributed by atoms with Crippen LogP contribution in [0.3, 0.4) is 0 Å². The third kappa shape index (κ3) is 4.63. The molecule has 0 amide bonds. The maximum atomic E-state index is 4.45. The minimum atomic E-state index is 0.606. The van der Waals surface area contributed by atoms with Crippen molar-refractivity contribution in [2.24, 2.45) is 0 Å². The molecule has 0 atom stereocenters. The summed E-state index contributed by atoms with van der Waals surface area (Å²) in [7, 11) is 4.05. The second kappa shape index (κ2) is 7.47. The molecule has 1 heterocycles. The third-order valence-electron chi connectivity index (χ3n) is 3.13. The van der Waals surface area contributed by atoms with Crippen molar-refractivity contribution >= 4 is 23.1 Å². The van der Waals surface area contributed by atoms with Crippen LogP contribution in [0, 0.1) is 0 Å². The molecule has 0 aliphatic rings. The monoisotopic (exact) mass is 285 g/mol. The molecule has 1 aromatic carbocycles. The predicted molar refractivity (Wildman–Crippen MR) is 89.5 cm³/mol. The Morgan fingerprint density at radius 1 is 1.10 bits per heavy atom. The fourth-order valence-electron chi connectivity index (χ4n) is 1.88. The van der Waals surface area contributed by atoms with Crippen LogP contribution in [-0.2, 0) is 0 Å². The van der Waals surface area contributed by atoms with Crippen molar-refractivity contribution in [2.75, 3.05) is 36.2 Å². The van der Waals surface area contributed by atoms with Gasteiger partial charge in [0.1, 0.15) is 5.82 Å². The fraction of sp³-hybridized carbons (Fsp3) is 0.375. The largest absolute Gasteiger partial charge is 0.378 e. The van der Waals surface area contributed by atoms with Gasteiger partial charge in [0.25, 0.3) is 0 Å². The number of unbranched alkanes of at least 4 members (excludes halogenated alkanes) is 1. The van der Waals surface area contributed by atoms with E-state index in [0.717, 1.165) is 30.2 Å². The molecule has 2 N–H and O–H groups in total. The van der Waals surface area contributed by atoms with Crippen molar-refractivity contribution in [2.45, 2.75) is 19.8 Å². The maximum absolute atomic E-state index is 4.45. The second-order valence-corrected chi connectivity index (χ2v) is 5.11. The van der Waals surface area contributed by atoms with Crippen molar-refractivity contribution in [1.29, 1.82) is 0 Å². The molecule has 2 rings (SSSR count). The van der Waals surface area contributed by atoms with Crippen LogP contribution in [0.15, 0.2) is 36.5 Å². The van der Waals surface area contributed by atoms with Gasteiger partial charge >= 0.3 is 0 Å². The van der Waals surface area contributed by atoms with E-state index in [1.165, 1.54) is 6.42 Å². The van der Waals surface area contributed by atoms with Gasteiger partial charge in [-0.25, -0.2) is 4.98 Å². The van der Waals surface area contributed by atoms with E-state index >= 15 is 0 Å². The Kier molecular flexibility index (Phi) is 5.37. The summed E-state index contributed by atoms with van der Waals surface area (Å²) in [5.74, 6) is 1.46. The van der Waals surface area contributed by atoms with Crippen LogP contribution in [0.1, 0.15) is 19.8 Å². The number of hydrogen-bond donors (Lipinski definition) is 2. The van der Waals surface area contributed by atoms with Crippen LogP contribution < -0.4 is 15.5 Å². The van der Waals surface area contributed by atoms with Gasteiger partial charge in [-0.3, -0.25) is 0 Å². The SMILES string of the molecule is CCCCNc1ccnc(Nc2ccc(N(C)C)cc2)n1. The molecule has 112 valence electrons. The molecule has 1 aromatic heterocycles. The smallest absolute Gasteiger partial charge is 0.229 e. The fourth-order valence-corrected chi connectivity index (χ4v) is 1.88. The van der Waals surface area contributed by atoms with E-state index in [1.54, 1.807) is 6.20 Å². The lowest BCUT2D eigenvalue weighted by molar-refractivity contribution is 0.830. The molecule has 2 aromatic rings. The first-order valence-electron chi connectivity index (χ1n) is 7.30. The zero-order valence-electron chi connectivity index (χ0n) is 12.9. The van der Waals surface area contributed by atoms with Gasteiger partial charge < -0.3 is 15.5 Å². The van der Waals surface area contributed by atoms with Gasteiger partial charge in [0.15, 0.2) is 0 Å². The van der Waals surface area contributed by atoms with Crippen LogP contribution in [-0.4, -0.2) is 30.6 Å². The first kappa shape index (κ1) is 15.1. The summed E-state index contributed by atoms with van der Waals surface area (Å²) < 4.78 is 0. The highest BCUT2D eigenvalue weighted by Gasteiger charge is 2.01. The Labute approximate surface area is 126 Å². The number of anilines is 4. The molecule has 5 nitrogen and oxygen atoms in total. The Hall–Kier alpha value is -2.30. The zero-order valence-corrected chi connectivity index (χ0v) is 12.9. The van der Waals surface area contributed by atoms with E-state index in [2.05, 4.69) is 44.6 Å². The van der Waals surface area contributed by atoms with Crippen molar-refractivity contribution < 1.29 is 0 Å².